The summed E-state index contributed by atoms with van der Waals surface area (Å²) in [6, 6.07) is 2.16. The van der Waals surface area contributed by atoms with E-state index in [1.54, 1.807) is 0 Å². The van der Waals surface area contributed by atoms with Crippen LogP contribution in [0.2, 0.25) is 0 Å². The maximum Gasteiger partial charge on any atom is 0.253 e. The van der Waals surface area contributed by atoms with Crippen LogP contribution in [0.3, 0.4) is 0 Å². The lowest BCUT2D eigenvalue weighted by Gasteiger charge is -2.26. The number of alkyl halides is 4. The van der Waals surface area contributed by atoms with E-state index in [1.807, 2.05) is 0 Å². The minimum Gasteiger partial charge on any atom is -0.352 e. The molecule has 0 saturated carbocycles. The molecular weight excluding hydrogens is 372 g/mol. The first-order valence-electron chi connectivity index (χ1n) is 6.60. The Morgan fingerprint density at radius 2 is 2.09 bits per heavy atom. The average Bonchev–Trinajstić information content (AvgIpc) is 2.82. The number of halogens is 4. The number of hydrogen-bond acceptors (Lipinski definition) is 4. The highest BCUT2D eigenvalue weighted by atomic mass is 35.6. The third kappa shape index (κ3) is 3.96. The van der Waals surface area contributed by atoms with Crippen LogP contribution >= 0.6 is 46.1 Å². The lowest BCUT2D eigenvalue weighted by atomic mass is 9.96. The highest BCUT2D eigenvalue weighted by Gasteiger charge is 2.35. The van der Waals surface area contributed by atoms with Crippen LogP contribution in [-0.2, 0) is 17.6 Å². The molecule has 2 rings (SSSR count). The molecule has 2 N–H and O–H groups in total. The second-order valence-electron chi connectivity index (χ2n) is 4.85. The summed E-state index contributed by atoms with van der Waals surface area (Å²) in [7, 11) is 0. The van der Waals surface area contributed by atoms with Crippen molar-refractivity contribution in [2.75, 3.05) is 12.0 Å². The molecule has 0 saturated heterocycles. The molecule has 4 nitrogen and oxygen atoms in total. The first kappa shape index (κ1) is 17.6. The fourth-order valence-corrected chi connectivity index (χ4v) is 3.91. The molecule has 1 aliphatic carbocycles. The highest BCUT2D eigenvalue weighted by Crippen LogP contribution is 2.39. The van der Waals surface area contributed by atoms with E-state index in [9.17, 15) is 14.4 Å². The number of nitrogens with one attached hydrogen (secondary N) is 2. The van der Waals surface area contributed by atoms with Crippen molar-refractivity contribution in [3.8, 4) is 6.07 Å². The third-order valence-electron chi connectivity index (χ3n) is 3.31. The van der Waals surface area contributed by atoms with Gasteiger partial charge in [0.2, 0.25) is 3.79 Å². The maximum atomic E-state index is 12.4. The molecule has 120 valence electrons. The molecular formula is C13H13Cl3FN3OS. The Bertz CT molecular complexity index is 609. The van der Waals surface area contributed by atoms with Gasteiger partial charge in [0, 0.05) is 4.88 Å². The third-order valence-corrected chi connectivity index (χ3v) is 5.19. The summed E-state index contributed by atoms with van der Waals surface area (Å²) < 4.78 is 10.5. The number of fused-ring (bicyclic) bond motifs is 1. The van der Waals surface area contributed by atoms with Crippen molar-refractivity contribution in [3.05, 3.63) is 16.0 Å². The number of carbonyl (C=O) groups excluding carboxylic acids is 1. The van der Waals surface area contributed by atoms with Crippen LogP contribution in [-0.4, -0.2) is 22.5 Å². The van der Waals surface area contributed by atoms with Gasteiger partial charge in [-0.15, -0.1) is 11.3 Å². The van der Waals surface area contributed by atoms with Crippen molar-refractivity contribution in [2.45, 2.75) is 35.6 Å². The number of thiophene rings is 1. The van der Waals surface area contributed by atoms with Crippen LogP contribution in [0.25, 0.3) is 0 Å². The van der Waals surface area contributed by atoms with Crippen LogP contribution in [0.4, 0.5) is 9.39 Å². The maximum absolute atomic E-state index is 12.4. The van der Waals surface area contributed by atoms with E-state index in [-0.39, 0.29) is 0 Å². The van der Waals surface area contributed by atoms with Crippen LogP contribution in [0.15, 0.2) is 0 Å². The lowest BCUT2D eigenvalue weighted by molar-refractivity contribution is -0.122. The summed E-state index contributed by atoms with van der Waals surface area (Å²) in [6.07, 6.45) is 2.72. The molecule has 1 atom stereocenters. The summed E-state index contributed by atoms with van der Waals surface area (Å²) in [5.74, 6) is -0.899. The molecule has 1 heterocycles. The minimum absolute atomic E-state index is 0.508. The number of hydrogen-bond donors (Lipinski definition) is 2. The van der Waals surface area contributed by atoms with Gasteiger partial charge in [-0.3, -0.25) is 4.79 Å². The fourth-order valence-electron chi connectivity index (χ4n) is 2.32. The van der Waals surface area contributed by atoms with Crippen LogP contribution in [0, 0.1) is 11.3 Å². The Hall–Kier alpha value is -0.740. The molecule has 0 aliphatic heterocycles. The number of rotatable bonds is 4. The van der Waals surface area contributed by atoms with Gasteiger partial charge in [-0.25, -0.2) is 4.39 Å². The molecule has 1 aromatic heterocycles. The quantitative estimate of drug-likeness (QED) is 0.614. The predicted molar refractivity (Wildman–Crippen MR) is 87.5 cm³/mol. The zero-order valence-corrected chi connectivity index (χ0v) is 14.5. The van der Waals surface area contributed by atoms with Gasteiger partial charge < -0.3 is 10.6 Å². The topological polar surface area (TPSA) is 64.9 Å². The van der Waals surface area contributed by atoms with E-state index >= 15 is 0 Å². The largest absolute Gasteiger partial charge is 0.352 e. The molecule has 0 unspecified atom stereocenters. The first-order chi connectivity index (χ1) is 10.4. The van der Waals surface area contributed by atoms with Crippen LogP contribution in [0.5, 0.6) is 0 Å². The standard InChI is InChI=1S/C13H13Cl3FN3OS/c14-13(15,16)12(19-10(21)5-17)20-11-8(6-18)7-3-1-2-4-9(7)22-11/h12,20H,1-5H2,(H,19,21)/t12-/m1/s1. The second-order valence-corrected chi connectivity index (χ2v) is 8.32. The zero-order chi connectivity index (χ0) is 16.3. The number of amides is 1. The van der Waals surface area contributed by atoms with Crippen LogP contribution in [0.1, 0.15) is 28.8 Å². The van der Waals surface area contributed by atoms with Crippen molar-refractivity contribution in [3.63, 3.8) is 0 Å². The number of anilines is 1. The summed E-state index contributed by atoms with van der Waals surface area (Å²) in [5, 5.41) is 15.0. The van der Waals surface area contributed by atoms with Crippen molar-refractivity contribution >= 4 is 57.0 Å². The smallest absolute Gasteiger partial charge is 0.253 e. The van der Waals surface area contributed by atoms with Gasteiger partial charge in [0.15, 0.2) is 6.67 Å². The van der Waals surface area contributed by atoms with E-state index < -0.39 is 22.5 Å². The van der Waals surface area contributed by atoms with Crippen molar-refractivity contribution in [1.82, 2.24) is 5.32 Å². The number of nitrogens with zero attached hydrogens (tertiary/aromatic N) is 1. The van der Waals surface area contributed by atoms with E-state index in [1.165, 1.54) is 11.3 Å². The van der Waals surface area contributed by atoms with Crippen molar-refractivity contribution in [1.29, 1.82) is 5.26 Å². The Kier molecular flexibility index (Phi) is 5.78. The molecule has 1 aromatic rings. The van der Waals surface area contributed by atoms with E-state index in [0.717, 1.165) is 36.1 Å². The number of carbonyl (C=O) groups is 1. The van der Waals surface area contributed by atoms with Crippen LogP contribution < -0.4 is 10.6 Å². The Morgan fingerprint density at radius 1 is 1.41 bits per heavy atom. The molecule has 0 fully saturated rings. The van der Waals surface area contributed by atoms with Crippen molar-refractivity contribution < 1.29 is 9.18 Å². The van der Waals surface area contributed by atoms with Gasteiger partial charge in [0.05, 0.1) is 5.56 Å². The molecule has 0 spiro atoms. The summed E-state index contributed by atoms with van der Waals surface area (Å²) >= 11 is 18.9. The molecule has 0 radical (unpaired) electrons. The molecule has 1 aliphatic rings. The number of aryl methyl sites for hydroxylation is 1. The Morgan fingerprint density at radius 3 is 2.68 bits per heavy atom. The van der Waals surface area contributed by atoms with Crippen molar-refractivity contribution in [2.24, 2.45) is 0 Å². The molecule has 0 bridgehead atoms. The van der Waals surface area contributed by atoms with E-state index in [2.05, 4.69) is 16.7 Å². The zero-order valence-electron chi connectivity index (χ0n) is 11.4. The first-order valence-corrected chi connectivity index (χ1v) is 8.55. The number of nitriles is 1. The molecule has 9 heteroatoms. The van der Waals surface area contributed by atoms with Gasteiger partial charge >= 0.3 is 0 Å². The van der Waals surface area contributed by atoms with E-state index in [0.29, 0.717) is 10.6 Å². The SMILES string of the molecule is N#Cc1c(N[C@@H](NC(=O)CF)C(Cl)(Cl)Cl)sc2c1CCCC2. The monoisotopic (exact) mass is 383 g/mol. The Labute approximate surface area is 146 Å². The molecule has 22 heavy (non-hydrogen) atoms. The normalized spacial score (nSPS) is 15.6. The average molecular weight is 385 g/mol. The minimum atomic E-state index is -1.89. The Balaban J connectivity index is 2.28. The molecule has 0 aromatic carbocycles. The van der Waals surface area contributed by atoms with E-state index in [4.69, 9.17) is 34.8 Å². The van der Waals surface area contributed by atoms with Gasteiger partial charge in [-0.05, 0) is 31.2 Å². The second kappa shape index (κ2) is 7.22. The summed E-state index contributed by atoms with van der Waals surface area (Å²) in [5.41, 5.74) is 1.52. The molecule has 1 amide bonds. The summed E-state index contributed by atoms with van der Waals surface area (Å²) in [4.78, 5) is 12.4. The predicted octanol–water partition coefficient (Wildman–Crippen LogP) is 3.69. The van der Waals surface area contributed by atoms with Gasteiger partial charge in [0.25, 0.3) is 5.91 Å². The van der Waals surface area contributed by atoms with Gasteiger partial charge in [-0.1, -0.05) is 34.8 Å². The van der Waals surface area contributed by atoms with Gasteiger partial charge in [-0.2, -0.15) is 5.26 Å². The fraction of sp³-hybridized carbons (Fsp3) is 0.538. The lowest BCUT2D eigenvalue weighted by Crippen LogP contribution is -2.49. The highest BCUT2D eigenvalue weighted by molar-refractivity contribution is 7.16. The summed E-state index contributed by atoms with van der Waals surface area (Å²) in [6.45, 7) is -1.22. The van der Waals surface area contributed by atoms with Gasteiger partial charge in [0.1, 0.15) is 17.2 Å².